The molecule has 0 saturated carbocycles. The number of aryl methyl sites for hydroxylation is 1. The summed E-state index contributed by atoms with van der Waals surface area (Å²) in [5.41, 5.74) is 9.12. The lowest BCUT2D eigenvalue weighted by atomic mass is 9.98. The number of rotatable bonds is 4. The molecule has 0 aliphatic carbocycles. The van der Waals surface area contributed by atoms with Gasteiger partial charge in [-0.05, 0) is 42.8 Å². The molecular weight excluding hydrogens is 388 g/mol. The highest BCUT2D eigenvalue weighted by Gasteiger charge is 2.18. The van der Waals surface area contributed by atoms with Gasteiger partial charge in [0.05, 0.1) is 28.6 Å². The first-order chi connectivity index (χ1) is 15.0. The van der Waals surface area contributed by atoms with Crippen molar-refractivity contribution in [3.05, 3.63) is 106 Å². The van der Waals surface area contributed by atoms with Crippen molar-refractivity contribution in [2.45, 2.75) is 6.92 Å². The predicted octanol–water partition coefficient (Wildman–Crippen LogP) is 3.85. The van der Waals surface area contributed by atoms with Crippen LogP contribution >= 0.6 is 0 Å². The van der Waals surface area contributed by atoms with Crippen LogP contribution in [0, 0.1) is 18.3 Å². The van der Waals surface area contributed by atoms with E-state index in [4.69, 9.17) is 5.73 Å². The fourth-order valence-electron chi connectivity index (χ4n) is 3.62. The Morgan fingerprint density at radius 2 is 1.81 bits per heavy atom. The van der Waals surface area contributed by atoms with Gasteiger partial charge in [-0.2, -0.15) is 5.26 Å². The van der Waals surface area contributed by atoms with Crippen molar-refractivity contribution >= 4 is 5.91 Å². The summed E-state index contributed by atoms with van der Waals surface area (Å²) in [6, 6.07) is 21.5. The highest BCUT2D eigenvalue weighted by Crippen LogP contribution is 2.27. The summed E-state index contributed by atoms with van der Waals surface area (Å²) in [4.78, 5) is 30.2. The van der Waals surface area contributed by atoms with Crippen LogP contribution in [0.1, 0.15) is 21.5 Å². The minimum Gasteiger partial charge on any atom is -0.366 e. The molecule has 0 spiro atoms. The van der Waals surface area contributed by atoms with Crippen molar-refractivity contribution in [3.63, 3.8) is 0 Å². The number of amides is 1. The Morgan fingerprint density at radius 3 is 2.52 bits per heavy atom. The summed E-state index contributed by atoms with van der Waals surface area (Å²) in [6.07, 6.45) is 3.31. The third-order valence-electron chi connectivity index (χ3n) is 5.07. The standard InChI is InChI=1S/C25H18N4O2/c1-16-7-6-11-22(23(16)24(27)30)29-15-18(21-10-4-5-12-28-21)13-20(25(29)31)19-9-3-2-8-17(19)14-26/h2-13,15H,1H3,(H2,27,30). The highest BCUT2D eigenvalue weighted by atomic mass is 16.1. The molecule has 4 aromatic rings. The van der Waals surface area contributed by atoms with Gasteiger partial charge >= 0.3 is 0 Å². The van der Waals surface area contributed by atoms with Gasteiger partial charge in [0.2, 0.25) is 0 Å². The molecule has 0 radical (unpaired) electrons. The molecule has 4 rings (SSSR count). The zero-order chi connectivity index (χ0) is 22.0. The van der Waals surface area contributed by atoms with Gasteiger partial charge in [-0.25, -0.2) is 0 Å². The van der Waals surface area contributed by atoms with E-state index in [0.717, 1.165) is 0 Å². The van der Waals surface area contributed by atoms with Crippen molar-refractivity contribution in [2.24, 2.45) is 5.73 Å². The maximum Gasteiger partial charge on any atom is 0.263 e. The van der Waals surface area contributed by atoms with E-state index < -0.39 is 5.91 Å². The number of pyridine rings is 2. The lowest BCUT2D eigenvalue weighted by Gasteiger charge is -2.16. The SMILES string of the molecule is Cc1cccc(-n2cc(-c3ccccn3)cc(-c3ccccc3C#N)c2=O)c1C(N)=O. The second kappa shape index (κ2) is 8.09. The number of nitriles is 1. The maximum atomic E-state index is 13.6. The first-order valence-corrected chi connectivity index (χ1v) is 9.58. The van der Waals surface area contributed by atoms with Crippen molar-refractivity contribution in [1.82, 2.24) is 9.55 Å². The molecule has 150 valence electrons. The van der Waals surface area contributed by atoms with Gasteiger partial charge in [-0.3, -0.25) is 19.1 Å². The highest BCUT2D eigenvalue weighted by molar-refractivity contribution is 5.98. The number of benzene rings is 2. The average Bonchev–Trinajstić information content (AvgIpc) is 2.79. The summed E-state index contributed by atoms with van der Waals surface area (Å²) in [5, 5.41) is 9.56. The van der Waals surface area contributed by atoms with Crippen LogP contribution in [-0.2, 0) is 0 Å². The number of nitrogens with two attached hydrogens (primary N) is 1. The zero-order valence-electron chi connectivity index (χ0n) is 16.7. The molecule has 0 atom stereocenters. The van der Waals surface area contributed by atoms with E-state index in [1.807, 2.05) is 12.1 Å². The number of carbonyl (C=O) groups excluding carboxylic acids is 1. The summed E-state index contributed by atoms with van der Waals surface area (Å²) in [5.74, 6) is -0.623. The Balaban J connectivity index is 2.11. The number of primary amides is 1. The van der Waals surface area contributed by atoms with E-state index in [2.05, 4.69) is 11.1 Å². The number of nitrogens with zero attached hydrogens (tertiary/aromatic N) is 3. The molecule has 31 heavy (non-hydrogen) atoms. The quantitative estimate of drug-likeness (QED) is 0.556. The first kappa shape index (κ1) is 19.8. The summed E-state index contributed by atoms with van der Waals surface area (Å²) < 4.78 is 1.40. The Bertz CT molecular complexity index is 1400. The monoisotopic (exact) mass is 406 g/mol. The zero-order valence-corrected chi connectivity index (χ0v) is 16.7. The van der Waals surface area contributed by atoms with Gasteiger partial charge in [-0.15, -0.1) is 0 Å². The molecule has 0 aliphatic heterocycles. The van der Waals surface area contributed by atoms with Crippen LogP contribution in [0.5, 0.6) is 0 Å². The molecular formula is C25H18N4O2. The normalized spacial score (nSPS) is 10.5. The molecule has 0 fully saturated rings. The Morgan fingerprint density at radius 1 is 1.03 bits per heavy atom. The van der Waals surface area contributed by atoms with Gasteiger partial charge in [0.25, 0.3) is 11.5 Å². The average molecular weight is 406 g/mol. The molecule has 0 bridgehead atoms. The van der Waals surface area contributed by atoms with Crippen LogP contribution in [0.2, 0.25) is 0 Å². The van der Waals surface area contributed by atoms with Gasteiger partial charge in [0.1, 0.15) is 0 Å². The van der Waals surface area contributed by atoms with Crippen molar-refractivity contribution < 1.29 is 4.79 Å². The minimum atomic E-state index is -0.623. The lowest BCUT2D eigenvalue weighted by molar-refractivity contribution is 0.0999. The van der Waals surface area contributed by atoms with Gasteiger partial charge in [-0.1, -0.05) is 36.4 Å². The Kier molecular flexibility index (Phi) is 5.17. The van der Waals surface area contributed by atoms with Gasteiger partial charge in [0.15, 0.2) is 0 Å². The van der Waals surface area contributed by atoms with Crippen molar-refractivity contribution in [1.29, 1.82) is 5.26 Å². The summed E-state index contributed by atoms with van der Waals surface area (Å²) in [7, 11) is 0. The molecule has 1 amide bonds. The lowest BCUT2D eigenvalue weighted by Crippen LogP contribution is -2.24. The van der Waals surface area contributed by atoms with Crippen molar-refractivity contribution in [2.75, 3.05) is 0 Å². The Hall–Kier alpha value is -4.50. The van der Waals surface area contributed by atoms with Crippen LogP contribution in [0.4, 0.5) is 0 Å². The van der Waals surface area contributed by atoms with Crippen LogP contribution in [0.25, 0.3) is 28.1 Å². The number of aromatic nitrogens is 2. The molecule has 2 aromatic carbocycles. The molecule has 2 heterocycles. The fraction of sp³-hybridized carbons (Fsp3) is 0.0400. The molecule has 6 heteroatoms. The predicted molar refractivity (Wildman–Crippen MR) is 119 cm³/mol. The van der Waals surface area contributed by atoms with Crippen LogP contribution in [0.3, 0.4) is 0 Å². The van der Waals surface area contributed by atoms with Crippen LogP contribution in [0.15, 0.2) is 83.9 Å². The van der Waals surface area contributed by atoms with Crippen LogP contribution in [-0.4, -0.2) is 15.5 Å². The van der Waals surface area contributed by atoms with Crippen molar-refractivity contribution in [3.8, 4) is 34.1 Å². The minimum absolute atomic E-state index is 0.266. The van der Waals surface area contributed by atoms with Crippen LogP contribution < -0.4 is 11.3 Å². The van der Waals surface area contributed by atoms with E-state index in [1.54, 1.807) is 73.9 Å². The summed E-state index contributed by atoms with van der Waals surface area (Å²) in [6.45, 7) is 1.77. The first-order valence-electron chi connectivity index (χ1n) is 9.58. The third kappa shape index (κ3) is 3.61. The largest absolute Gasteiger partial charge is 0.366 e. The molecule has 2 aromatic heterocycles. The van der Waals surface area contributed by atoms with E-state index >= 15 is 0 Å². The second-order valence-electron chi connectivity index (χ2n) is 7.02. The molecule has 0 aliphatic rings. The van der Waals surface area contributed by atoms with E-state index in [0.29, 0.717) is 39.2 Å². The number of hydrogen-bond donors (Lipinski definition) is 1. The smallest absolute Gasteiger partial charge is 0.263 e. The third-order valence-corrected chi connectivity index (χ3v) is 5.07. The fourth-order valence-corrected chi connectivity index (χ4v) is 3.62. The molecule has 0 saturated heterocycles. The molecule has 2 N–H and O–H groups in total. The van der Waals surface area contributed by atoms with E-state index in [-0.39, 0.29) is 11.1 Å². The number of carbonyl (C=O) groups is 1. The topological polar surface area (TPSA) is 102 Å². The van der Waals surface area contributed by atoms with E-state index in [9.17, 15) is 14.9 Å². The van der Waals surface area contributed by atoms with E-state index in [1.165, 1.54) is 4.57 Å². The van der Waals surface area contributed by atoms with Gasteiger partial charge < -0.3 is 5.73 Å². The number of hydrogen-bond acceptors (Lipinski definition) is 4. The molecule has 0 unspecified atom stereocenters. The Labute approximate surface area is 178 Å². The summed E-state index contributed by atoms with van der Waals surface area (Å²) >= 11 is 0. The molecule has 6 nitrogen and oxygen atoms in total. The van der Waals surface area contributed by atoms with Gasteiger partial charge in [0, 0.05) is 29.1 Å². The maximum absolute atomic E-state index is 13.6. The second-order valence-corrected chi connectivity index (χ2v) is 7.02.